The maximum atomic E-state index is 11.3. The summed E-state index contributed by atoms with van der Waals surface area (Å²) >= 11 is 0. The van der Waals surface area contributed by atoms with Crippen LogP contribution in [0.25, 0.3) is 0 Å². The molecule has 8 heteroatoms. The molecular weight excluding hydrogens is 306 g/mol. The van der Waals surface area contributed by atoms with E-state index in [1.807, 2.05) is 0 Å². The van der Waals surface area contributed by atoms with E-state index in [4.69, 9.17) is 14.2 Å². The van der Waals surface area contributed by atoms with Crippen molar-refractivity contribution in [2.45, 2.75) is 37.6 Å². The minimum atomic E-state index is -1.34. The molecule has 23 heavy (non-hydrogen) atoms. The van der Waals surface area contributed by atoms with E-state index in [0.29, 0.717) is 11.5 Å². The van der Waals surface area contributed by atoms with Crippen molar-refractivity contribution in [2.24, 2.45) is 0 Å². The first kappa shape index (κ1) is 17.5. The van der Waals surface area contributed by atoms with Gasteiger partial charge < -0.3 is 34.8 Å². The van der Waals surface area contributed by atoms with Gasteiger partial charge in [-0.2, -0.15) is 0 Å². The lowest BCUT2D eigenvalue weighted by molar-refractivity contribution is -0.244. The van der Waals surface area contributed by atoms with Gasteiger partial charge in [-0.1, -0.05) is 0 Å². The number of benzene rings is 1. The van der Waals surface area contributed by atoms with Crippen LogP contribution in [0.1, 0.15) is 6.92 Å². The van der Waals surface area contributed by atoms with Gasteiger partial charge in [0.2, 0.25) is 12.2 Å². The van der Waals surface area contributed by atoms with Crippen LogP contribution in [-0.2, 0) is 9.53 Å². The third-order valence-corrected chi connectivity index (χ3v) is 3.56. The molecule has 0 spiro atoms. The Morgan fingerprint density at radius 2 is 1.83 bits per heavy atom. The van der Waals surface area contributed by atoms with Crippen molar-refractivity contribution < 1.29 is 34.3 Å². The quantitative estimate of drug-likeness (QED) is 0.549. The number of methoxy groups -OCH3 is 1. The average Bonchev–Trinajstić information content (AvgIpc) is 2.54. The van der Waals surface area contributed by atoms with E-state index in [1.54, 1.807) is 24.3 Å². The molecule has 0 aliphatic carbocycles. The van der Waals surface area contributed by atoms with Crippen molar-refractivity contribution in [3.05, 3.63) is 24.3 Å². The highest BCUT2D eigenvalue weighted by atomic mass is 16.7. The summed E-state index contributed by atoms with van der Waals surface area (Å²) in [6.07, 6.45) is -4.76. The molecule has 1 aromatic rings. The zero-order valence-corrected chi connectivity index (χ0v) is 12.9. The summed E-state index contributed by atoms with van der Waals surface area (Å²) in [7, 11) is 1.54. The summed E-state index contributed by atoms with van der Waals surface area (Å²) in [5.74, 6) is 0.658. The molecule has 8 nitrogen and oxygen atoms in total. The maximum Gasteiger partial charge on any atom is 0.223 e. The Bertz CT molecular complexity index is 521. The first-order valence-corrected chi connectivity index (χ1v) is 7.16. The second kappa shape index (κ2) is 7.60. The van der Waals surface area contributed by atoms with Gasteiger partial charge in [-0.15, -0.1) is 0 Å². The highest BCUT2D eigenvalue weighted by molar-refractivity contribution is 5.73. The summed E-state index contributed by atoms with van der Waals surface area (Å²) < 4.78 is 16.2. The predicted octanol–water partition coefficient (Wildman–Crippen LogP) is -0.982. The Balaban J connectivity index is 2.17. The van der Waals surface area contributed by atoms with E-state index in [9.17, 15) is 20.1 Å². The smallest absolute Gasteiger partial charge is 0.223 e. The number of rotatable bonds is 5. The molecule has 0 bridgehead atoms. The van der Waals surface area contributed by atoms with Crippen molar-refractivity contribution in [3.8, 4) is 11.5 Å². The predicted molar refractivity (Wildman–Crippen MR) is 79.0 cm³/mol. The summed E-state index contributed by atoms with van der Waals surface area (Å²) in [5, 5.41) is 31.8. The summed E-state index contributed by atoms with van der Waals surface area (Å²) in [5.41, 5.74) is 0. The zero-order valence-electron chi connectivity index (χ0n) is 12.9. The molecule has 1 heterocycles. The number of hydrogen-bond acceptors (Lipinski definition) is 7. The first-order valence-electron chi connectivity index (χ1n) is 7.16. The van der Waals surface area contributed by atoms with Crippen LogP contribution in [0, 0.1) is 0 Å². The topological polar surface area (TPSA) is 117 Å². The van der Waals surface area contributed by atoms with Crippen LogP contribution in [0.3, 0.4) is 0 Å². The number of carbonyl (C=O) groups is 1. The van der Waals surface area contributed by atoms with Gasteiger partial charge in [0.1, 0.15) is 35.9 Å². The monoisotopic (exact) mass is 327 g/mol. The molecule has 1 aromatic carbocycles. The number of aliphatic hydroxyl groups excluding tert-OH is 3. The van der Waals surface area contributed by atoms with Crippen LogP contribution in [0.5, 0.6) is 11.5 Å². The SMILES string of the molecule is COc1ccc(O[C@@H]2O[C@H](CO)[C@H](O)[C@@H](O)[C@H]2NC(C)=O)cc1. The molecule has 0 saturated carbocycles. The van der Waals surface area contributed by atoms with Crippen LogP contribution in [0.2, 0.25) is 0 Å². The van der Waals surface area contributed by atoms with Crippen LogP contribution in [-0.4, -0.2) is 65.6 Å². The fourth-order valence-electron chi connectivity index (χ4n) is 2.36. The average molecular weight is 327 g/mol. The Morgan fingerprint density at radius 3 is 2.35 bits per heavy atom. The molecule has 1 amide bonds. The van der Waals surface area contributed by atoms with Crippen LogP contribution in [0.4, 0.5) is 0 Å². The maximum absolute atomic E-state index is 11.3. The van der Waals surface area contributed by atoms with Crippen molar-refractivity contribution >= 4 is 5.91 Å². The van der Waals surface area contributed by atoms with E-state index in [2.05, 4.69) is 5.32 Å². The van der Waals surface area contributed by atoms with Crippen LogP contribution < -0.4 is 14.8 Å². The van der Waals surface area contributed by atoms with Crippen LogP contribution >= 0.6 is 0 Å². The van der Waals surface area contributed by atoms with Gasteiger partial charge in [0, 0.05) is 6.92 Å². The molecule has 4 N–H and O–H groups in total. The Labute approximate surface area is 133 Å². The fraction of sp³-hybridized carbons (Fsp3) is 0.533. The molecule has 0 radical (unpaired) electrons. The normalized spacial score (nSPS) is 30.6. The lowest BCUT2D eigenvalue weighted by atomic mass is 9.97. The van der Waals surface area contributed by atoms with Gasteiger partial charge >= 0.3 is 0 Å². The summed E-state index contributed by atoms with van der Waals surface area (Å²) in [4.78, 5) is 11.3. The standard InChI is InChI=1S/C15H21NO7/c1-8(18)16-12-14(20)13(19)11(7-17)23-15(12)22-10-5-3-9(21-2)4-6-10/h3-6,11-15,17,19-20H,7H2,1-2H3,(H,16,18)/t11-,12-,13+,14+,15-/m1/s1. The van der Waals surface area contributed by atoms with Gasteiger partial charge in [0.05, 0.1) is 13.7 Å². The van der Waals surface area contributed by atoms with Crippen molar-refractivity contribution in [2.75, 3.05) is 13.7 Å². The molecule has 1 fully saturated rings. The minimum Gasteiger partial charge on any atom is -0.497 e. The van der Waals surface area contributed by atoms with E-state index in [-0.39, 0.29) is 0 Å². The van der Waals surface area contributed by atoms with Gasteiger partial charge in [-0.25, -0.2) is 0 Å². The van der Waals surface area contributed by atoms with Crippen molar-refractivity contribution in [1.82, 2.24) is 5.32 Å². The number of amides is 1. The van der Waals surface area contributed by atoms with Crippen molar-refractivity contribution in [1.29, 1.82) is 0 Å². The molecule has 0 aromatic heterocycles. The van der Waals surface area contributed by atoms with Gasteiger partial charge in [0.15, 0.2) is 0 Å². The molecular formula is C15H21NO7. The highest BCUT2D eigenvalue weighted by Gasteiger charge is 2.46. The van der Waals surface area contributed by atoms with Gasteiger partial charge in [-0.05, 0) is 24.3 Å². The molecule has 0 unspecified atom stereocenters. The lowest BCUT2D eigenvalue weighted by Gasteiger charge is -2.42. The molecule has 5 atom stereocenters. The second-order valence-electron chi connectivity index (χ2n) is 5.23. The minimum absolute atomic E-state index is 0.407. The Hall–Kier alpha value is -1.87. The molecule has 128 valence electrons. The Morgan fingerprint density at radius 1 is 1.22 bits per heavy atom. The van der Waals surface area contributed by atoms with E-state index in [1.165, 1.54) is 14.0 Å². The lowest BCUT2D eigenvalue weighted by Crippen LogP contribution is -2.65. The van der Waals surface area contributed by atoms with Crippen LogP contribution in [0.15, 0.2) is 24.3 Å². The largest absolute Gasteiger partial charge is 0.497 e. The molecule has 2 rings (SSSR count). The number of hydrogen-bond donors (Lipinski definition) is 4. The fourth-order valence-corrected chi connectivity index (χ4v) is 2.36. The number of ether oxygens (including phenoxy) is 3. The first-order chi connectivity index (χ1) is 11.0. The van der Waals surface area contributed by atoms with Gasteiger partial charge in [-0.3, -0.25) is 4.79 Å². The molecule has 1 saturated heterocycles. The van der Waals surface area contributed by atoms with Gasteiger partial charge in [0.25, 0.3) is 0 Å². The Kier molecular flexibility index (Phi) is 5.78. The van der Waals surface area contributed by atoms with E-state index >= 15 is 0 Å². The van der Waals surface area contributed by atoms with E-state index < -0.39 is 43.2 Å². The third kappa shape index (κ3) is 4.11. The van der Waals surface area contributed by atoms with Crippen molar-refractivity contribution in [3.63, 3.8) is 0 Å². The molecule has 1 aliphatic heterocycles. The highest BCUT2D eigenvalue weighted by Crippen LogP contribution is 2.25. The number of carbonyl (C=O) groups excluding carboxylic acids is 1. The number of aliphatic hydroxyl groups is 3. The van der Waals surface area contributed by atoms with E-state index in [0.717, 1.165) is 0 Å². The summed E-state index contributed by atoms with van der Waals surface area (Å²) in [6.45, 7) is 0.787. The second-order valence-corrected chi connectivity index (χ2v) is 5.23. The third-order valence-electron chi connectivity index (χ3n) is 3.56. The number of nitrogens with one attached hydrogen (secondary N) is 1. The zero-order chi connectivity index (χ0) is 17.0. The molecule has 1 aliphatic rings. The summed E-state index contributed by atoms with van der Waals surface area (Å²) in [6, 6.07) is 5.66.